The largest absolute Gasteiger partial charge is 0.497 e. The molecule has 5 rings (SSSR count). The fourth-order valence-electron chi connectivity index (χ4n) is 4.85. The zero-order valence-corrected chi connectivity index (χ0v) is 25.7. The van der Waals surface area contributed by atoms with Crippen molar-refractivity contribution in [2.45, 2.75) is 29.7 Å². The first-order valence-corrected chi connectivity index (χ1v) is 16.2. The topological polar surface area (TPSA) is 122 Å². The minimum atomic E-state index is -4.20. The van der Waals surface area contributed by atoms with Crippen molar-refractivity contribution in [1.82, 2.24) is 18.8 Å². The number of hydrogen-bond acceptors (Lipinski definition) is 10. The smallest absolute Gasteiger partial charge is 0.270 e. The van der Waals surface area contributed by atoms with Crippen LogP contribution in [0.2, 0.25) is 0 Å². The van der Waals surface area contributed by atoms with Crippen molar-refractivity contribution in [3.05, 3.63) is 65.5 Å². The van der Waals surface area contributed by atoms with Gasteiger partial charge in [0.15, 0.2) is 0 Å². The average molecular weight is 615 g/mol. The minimum absolute atomic E-state index is 0.0164. The van der Waals surface area contributed by atoms with E-state index in [0.29, 0.717) is 48.3 Å². The van der Waals surface area contributed by atoms with Gasteiger partial charge in [-0.15, -0.1) is 0 Å². The summed E-state index contributed by atoms with van der Waals surface area (Å²) in [6, 6.07) is 11.1. The third-order valence-electron chi connectivity index (χ3n) is 7.15. The molecule has 2 aromatic heterocycles. The number of hydrogen-bond donors (Lipinski definition) is 0. The summed E-state index contributed by atoms with van der Waals surface area (Å²) in [5.74, 6) is 1.66. The van der Waals surface area contributed by atoms with Gasteiger partial charge in [0.2, 0.25) is 5.16 Å². The monoisotopic (exact) mass is 614 g/mol. The van der Waals surface area contributed by atoms with Crippen molar-refractivity contribution in [2.75, 3.05) is 53.7 Å². The number of morpholine rings is 1. The molecule has 1 fully saturated rings. The van der Waals surface area contributed by atoms with Crippen LogP contribution in [0.3, 0.4) is 0 Å². The minimum Gasteiger partial charge on any atom is -0.497 e. The van der Waals surface area contributed by atoms with Crippen LogP contribution in [0.5, 0.6) is 17.2 Å². The van der Waals surface area contributed by atoms with Crippen molar-refractivity contribution in [1.29, 1.82) is 0 Å². The van der Waals surface area contributed by atoms with Crippen LogP contribution in [0.4, 0.5) is 0 Å². The third kappa shape index (κ3) is 6.14. The molecule has 0 saturated carbocycles. The molecule has 0 amide bonds. The highest BCUT2D eigenvalue weighted by Crippen LogP contribution is 2.31. The lowest BCUT2D eigenvalue weighted by molar-refractivity contribution is 0.0322. The second kappa shape index (κ2) is 12.8. The van der Waals surface area contributed by atoms with Crippen LogP contribution < -0.4 is 14.2 Å². The molecule has 11 nitrogen and oxygen atoms in total. The van der Waals surface area contributed by atoms with Crippen LogP contribution in [-0.2, 0) is 31.3 Å². The SMILES string of the molecule is COc1ccc2c(c1)nc(S(=O)Cc1ncc(C)c(OC)c1C)n2S(=O)(=O)c1ccc(OCCN2CCOCC2)cc1. The molecule has 13 heteroatoms. The number of methoxy groups -OCH3 is 2. The van der Waals surface area contributed by atoms with Crippen LogP contribution in [-0.4, -0.2) is 85.1 Å². The fraction of sp³-hybridized carbons (Fsp3) is 0.379. The van der Waals surface area contributed by atoms with Crippen molar-refractivity contribution in [3.63, 3.8) is 0 Å². The summed E-state index contributed by atoms with van der Waals surface area (Å²) in [5.41, 5.74) is 2.75. The zero-order valence-electron chi connectivity index (χ0n) is 24.0. The Morgan fingerprint density at radius 3 is 2.40 bits per heavy atom. The number of fused-ring (bicyclic) bond motifs is 1. The fourth-order valence-corrected chi connectivity index (χ4v) is 7.90. The summed E-state index contributed by atoms with van der Waals surface area (Å²) in [6.45, 7) is 8.09. The van der Waals surface area contributed by atoms with E-state index in [1.54, 1.807) is 43.6 Å². The van der Waals surface area contributed by atoms with Gasteiger partial charge in [-0.2, -0.15) is 0 Å². The predicted octanol–water partition coefficient (Wildman–Crippen LogP) is 3.32. The lowest BCUT2D eigenvalue weighted by Gasteiger charge is -2.26. The molecule has 2 aromatic carbocycles. The highest BCUT2D eigenvalue weighted by atomic mass is 32.2. The molecule has 1 unspecified atom stereocenters. The first-order chi connectivity index (χ1) is 20.2. The number of nitrogens with zero attached hydrogens (tertiary/aromatic N) is 4. The molecule has 1 atom stereocenters. The molecule has 42 heavy (non-hydrogen) atoms. The van der Waals surface area contributed by atoms with Gasteiger partial charge in [-0.05, 0) is 50.2 Å². The van der Waals surface area contributed by atoms with Crippen molar-refractivity contribution in [2.24, 2.45) is 0 Å². The van der Waals surface area contributed by atoms with Gasteiger partial charge in [0.25, 0.3) is 10.0 Å². The summed E-state index contributed by atoms with van der Waals surface area (Å²) >= 11 is 0. The van der Waals surface area contributed by atoms with Crippen molar-refractivity contribution in [3.8, 4) is 17.2 Å². The van der Waals surface area contributed by atoms with Crippen LogP contribution in [0.15, 0.2) is 58.7 Å². The van der Waals surface area contributed by atoms with E-state index in [9.17, 15) is 12.6 Å². The molecule has 0 aliphatic carbocycles. The molecule has 0 spiro atoms. The number of aromatic nitrogens is 3. The normalized spacial score (nSPS) is 15.0. The maximum Gasteiger partial charge on any atom is 0.270 e. The molecule has 224 valence electrons. The van der Waals surface area contributed by atoms with E-state index in [1.165, 1.54) is 19.2 Å². The van der Waals surface area contributed by atoms with Crippen molar-refractivity contribution < 1.29 is 31.6 Å². The van der Waals surface area contributed by atoms with Gasteiger partial charge in [0, 0.05) is 43.0 Å². The standard InChI is InChI=1S/C29H34N4O7S2/c1-20-18-30-26(21(2)28(20)38-4)19-41(34)29-31-25-17-23(37-3)7-10-27(25)33(29)42(35,36)24-8-5-22(6-9-24)40-16-13-32-11-14-39-15-12-32/h5-10,17-18H,11-16,19H2,1-4H3. The Morgan fingerprint density at radius 1 is 1.00 bits per heavy atom. The van der Waals surface area contributed by atoms with Crippen LogP contribution in [0.1, 0.15) is 16.8 Å². The Kier molecular flexibility index (Phi) is 9.11. The van der Waals surface area contributed by atoms with E-state index in [0.717, 1.165) is 34.7 Å². The number of aryl methyl sites for hydroxylation is 1. The number of benzene rings is 2. The maximum atomic E-state index is 14.0. The summed E-state index contributed by atoms with van der Waals surface area (Å²) < 4.78 is 65.0. The van der Waals surface area contributed by atoms with E-state index < -0.39 is 20.8 Å². The van der Waals surface area contributed by atoms with Gasteiger partial charge in [-0.3, -0.25) is 14.1 Å². The van der Waals surface area contributed by atoms with E-state index in [4.69, 9.17) is 18.9 Å². The summed E-state index contributed by atoms with van der Waals surface area (Å²) in [7, 11) is -2.99. The van der Waals surface area contributed by atoms with Gasteiger partial charge >= 0.3 is 0 Å². The van der Waals surface area contributed by atoms with Gasteiger partial charge < -0.3 is 18.9 Å². The Balaban J connectivity index is 1.45. The average Bonchev–Trinajstić information content (AvgIpc) is 3.39. The lowest BCUT2D eigenvalue weighted by Crippen LogP contribution is -2.38. The maximum absolute atomic E-state index is 14.0. The Morgan fingerprint density at radius 2 is 1.71 bits per heavy atom. The first kappa shape index (κ1) is 30.0. The molecule has 4 aromatic rings. The Labute approximate surface area is 247 Å². The van der Waals surface area contributed by atoms with Gasteiger partial charge in [0.1, 0.15) is 23.9 Å². The Hall–Kier alpha value is -3.52. The van der Waals surface area contributed by atoms with E-state index in [-0.39, 0.29) is 21.3 Å². The second-order valence-electron chi connectivity index (χ2n) is 9.83. The van der Waals surface area contributed by atoms with Gasteiger partial charge in [0.05, 0.1) is 65.6 Å². The molecule has 0 N–H and O–H groups in total. The second-order valence-corrected chi connectivity index (χ2v) is 13.0. The first-order valence-electron chi connectivity index (χ1n) is 13.5. The van der Waals surface area contributed by atoms with E-state index >= 15 is 0 Å². The number of pyridine rings is 1. The highest BCUT2D eigenvalue weighted by Gasteiger charge is 2.28. The number of imidazole rings is 1. The summed E-state index contributed by atoms with van der Waals surface area (Å²) in [5, 5.41) is -0.107. The molecule has 1 aliphatic heterocycles. The molecule has 0 radical (unpaired) electrons. The van der Waals surface area contributed by atoms with Gasteiger partial charge in [-0.1, -0.05) is 0 Å². The van der Waals surface area contributed by atoms with Crippen LogP contribution in [0, 0.1) is 13.8 Å². The van der Waals surface area contributed by atoms with Crippen LogP contribution in [0.25, 0.3) is 11.0 Å². The lowest BCUT2D eigenvalue weighted by atomic mass is 10.1. The van der Waals surface area contributed by atoms with E-state index in [1.807, 2.05) is 13.8 Å². The third-order valence-corrected chi connectivity index (χ3v) is 10.2. The van der Waals surface area contributed by atoms with Crippen LogP contribution >= 0.6 is 0 Å². The van der Waals surface area contributed by atoms with E-state index in [2.05, 4.69) is 14.9 Å². The summed E-state index contributed by atoms with van der Waals surface area (Å²) in [6.07, 6.45) is 1.65. The molecule has 1 saturated heterocycles. The number of ether oxygens (including phenoxy) is 4. The molecular formula is C29H34N4O7S2. The Bertz CT molecular complexity index is 1700. The zero-order chi connectivity index (χ0) is 29.9. The molecule has 1 aliphatic rings. The summed E-state index contributed by atoms with van der Waals surface area (Å²) in [4.78, 5) is 11.2. The predicted molar refractivity (Wildman–Crippen MR) is 158 cm³/mol. The molecular weight excluding hydrogens is 580 g/mol. The molecule has 3 heterocycles. The highest BCUT2D eigenvalue weighted by molar-refractivity contribution is 7.91. The quantitative estimate of drug-likeness (QED) is 0.249. The van der Waals surface area contributed by atoms with Gasteiger partial charge in [-0.25, -0.2) is 17.4 Å². The molecule has 0 bridgehead atoms. The van der Waals surface area contributed by atoms with Crippen molar-refractivity contribution >= 4 is 31.9 Å². The number of rotatable bonds is 11.